The highest BCUT2D eigenvalue weighted by atomic mass is 16.6. The summed E-state index contributed by atoms with van der Waals surface area (Å²) in [6.45, 7) is 5.91. The van der Waals surface area contributed by atoms with E-state index in [0.29, 0.717) is 25.2 Å². The Morgan fingerprint density at radius 3 is 1.96 bits per heavy atom. The number of benzene rings is 3. The number of likely N-dealkylation sites (N-methyl/N-ethyl adjacent to an activating group) is 1. The molecule has 3 rings (SSSR count). The lowest BCUT2D eigenvalue weighted by Gasteiger charge is -2.31. The molecule has 0 saturated carbocycles. The van der Waals surface area contributed by atoms with Crippen molar-refractivity contribution in [2.24, 2.45) is 0 Å². The second-order valence-electron chi connectivity index (χ2n) is 12.5. The summed E-state index contributed by atoms with van der Waals surface area (Å²) in [6.07, 6.45) is 0.133. The normalized spacial score (nSPS) is 13.0. The molecule has 258 valence electrons. The van der Waals surface area contributed by atoms with Crippen LogP contribution in [-0.4, -0.2) is 78.4 Å². The average molecular weight is 662 g/mol. The van der Waals surface area contributed by atoms with E-state index in [4.69, 9.17) is 14.2 Å². The Morgan fingerprint density at radius 1 is 0.792 bits per heavy atom. The summed E-state index contributed by atoms with van der Waals surface area (Å²) in [6, 6.07) is 22.0. The number of phenols is 1. The fraction of sp³-hybridized carbons (Fsp3) is 0.405. The van der Waals surface area contributed by atoms with Gasteiger partial charge in [0, 0.05) is 26.5 Å². The van der Waals surface area contributed by atoms with Gasteiger partial charge in [0.05, 0.1) is 13.7 Å². The lowest BCUT2D eigenvalue weighted by Crippen LogP contribution is -2.57. The molecule has 0 aliphatic carbocycles. The van der Waals surface area contributed by atoms with Crippen LogP contribution in [0.15, 0.2) is 84.9 Å². The van der Waals surface area contributed by atoms with Crippen molar-refractivity contribution in [2.75, 3.05) is 20.8 Å². The summed E-state index contributed by atoms with van der Waals surface area (Å²) in [7, 11) is 2.72. The predicted molar refractivity (Wildman–Crippen MR) is 181 cm³/mol. The van der Waals surface area contributed by atoms with Crippen molar-refractivity contribution in [2.45, 2.75) is 76.8 Å². The van der Waals surface area contributed by atoms with Crippen molar-refractivity contribution in [1.82, 2.24) is 15.5 Å². The molecule has 3 atom stereocenters. The third-order valence-electron chi connectivity index (χ3n) is 7.45. The molecule has 0 unspecified atom stereocenters. The summed E-state index contributed by atoms with van der Waals surface area (Å²) in [5.74, 6) is -1.67. The van der Waals surface area contributed by atoms with Gasteiger partial charge in [-0.05, 0) is 62.4 Å². The third-order valence-corrected chi connectivity index (χ3v) is 7.45. The van der Waals surface area contributed by atoms with E-state index in [2.05, 4.69) is 10.6 Å². The first-order valence-electron chi connectivity index (χ1n) is 15.9. The molecule has 0 heterocycles. The monoisotopic (exact) mass is 661 g/mol. The molecular formula is C37H47N3O8. The van der Waals surface area contributed by atoms with Gasteiger partial charge in [-0.3, -0.25) is 9.59 Å². The molecule has 0 aromatic heterocycles. The van der Waals surface area contributed by atoms with Crippen LogP contribution in [0.5, 0.6) is 5.75 Å². The average Bonchev–Trinajstić information content (AvgIpc) is 3.06. The van der Waals surface area contributed by atoms with E-state index in [1.54, 1.807) is 32.9 Å². The van der Waals surface area contributed by atoms with Gasteiger partial charge in [0.1, 0.15) is 29.5 Å². The number of esters is 1. The molecule has 3 N–H and O–H groups in total. The molecule has 11 nitrogen and oxygen atoms in total. The molecule has 3 aromatic carbocycles. The molecular weight excluding hydrogens is 614 g/mol. The number of amides is 3. The van der Waals surface area contributed by atoms with E-state index in [1.165, 1.54) is 31.2 Å². The van der Waals surface area contributed by atoms with Crippen molar-refractivity contribution in [3.8, 4) is 5.75 Å². The summed E-state index contributed by atoms with van der Waals surface area (Å²) in [4.78, 5) is 54.9. The quantitative estimate of drug-likeness (QED) is 0.150. The minimum Gasteiger partial charge on any atom is -0.508 e. The van der Waals surface area contributed by atoms with Gasteiger partial charge in [-0.15, -0.1) is 0 Å². The van der Waals surface area contributed by atoms with Gasteiger partial charge in [0.15, 0.2) is 0 Å². The van der Waals surface area contributed by atoms with Gasteiger partial charge in [-0.1, -0.05) is 72.8 Å². The fourth-order valence-corrected chi connectivity index (χ4v) is 4.96. The molecule has 0 fully saturated rings. The Morgan fingerprint density at radius 2 is 1.38 bits per heavy atom. The maximum Gasteiger partial charge on any atom is 0.408 e. The third kappa shape index (κ3) is 12.7. The standard InChI is InChI=1S/C37H47N3O8/c1-37(2,3)48-36(45)39-30(17-12-22-47-25-28-15-10-7-11-16-28)33(42)38-31(23-26-13-8-6-9-14-26)34(43)40(4)32(35(44)46-5)24-27-18-20-29(41)21-19-27/h6-11,13-16,18-21,30-32,41H,12,17,22-25H2,1-5H3,(H,38,42)(H,39,45)/t30-,31-,32-/m0/s1. The molecule has 48 heavy (non-hydrogen) atoms. The van der Waals surface area contributed by atoms with Crippen LogP contribution in [0.2, 0.25) is 0 Å². The van der Waals surface area contributed by atoms with Crippen LogP contribution >= 0.6 is 0 Å². The number of carbonyl (C=O) groups is 4. The van der Waals surface area contributed by atoms with Gasteiger partial charge >= 0.3 is 12.1 Å². The van der Waals surface area contributed by atoms with Gasteiger partial charge in [-0.25, -0.2) is 9.59 Å². The zero-order chi connectivity index (χ0) is 35.1. The van der Waals surface area contributed by atoms with Crippen LogP contribution < -0.4 is 10.6 Å². The molecule has 3 aromatic rings. The predicted octanol–water partition coefficient (Wildman–Crippen LogP) is 4.55. The first-order valence-corrected chi connectivity index (χ1v) is 15.9. The molecule has 11 heteroatoms. The first kappa shape index (κ1) is 37.6. The van der Waals surface area contributed by atoms with Crippen LogP contribution in [0.1, 0.15) is 50.3 Å². The van der Waals surface area contributed by atoms with Crippen molar-refractivity contribution in [3.05, 3.63) is 102 Å². The Labute approximate surface area is 282 Å². The molecule has 0 saturated heterocycles. The van der Waals surface area contributed by atoms with Gasteiger partial charge in [-0.2, -0.15) is 0 Å². The maximum absolute atomic E-state index is 14.1. The number of ether oxygens (including phenoxy) is 3. The highest BCUT2D eigenvalue weighted by Gasteiger charge is 2.35. The number of alkyl carbamates (subject to hydrolysis) is 1. The Balaban J connectivity index is 1.80. The zero-order valence-corrected chi connectivity index (χ0v) is 28.3. The van der Waals surface area contributed by atoms with Gasteiger partial charge in [0.25, 0.3) is 0 Å². The summed E-state index contributed by atoms with van der Waals surface area (Å²) in [5.41, 5.74) is 1.70. The van der Waals surface area contributed by atoms with E-state index >= 15 is 0 Å². The van der Waals surface area contributed by atoms with Crippen LogP contribution in [-0.2, 0) is 48.0 Å². The zero-order valence-electron chi connectivity index (χ0n) is 28.3. The van der Waals surface area contributed by atoms with E-state index in [-0.39, 0.29) is 25.0 Å². The van der Waals surface area contributed by atoms with E-state index in [9.17, 15) is 24.3 Å². The summed E-state index contributed by atoms with van der Waals surface area (Å²) in [5, 5.41) is 15.2. The van der Waals surface area contributed by atoms with Gasteiger partial charge < -0.3 is 34.9 Å². The lowest BCUT2D eigenvalue weighted by atomic mass is 10.0. The van der Waals surface area contributed by atoms with E-state index < -0.39 is 47.6 Å². The van der Waals surface area contributed by atoms with Crippen molar-refractivity contribution in [1.29, 1.82) is 0 Å². The second kappa shape index (κ2) is 18.4. The van der Waals surface area contributed by atoms with Gasteiger partial charge in [0.2, 0.25) is 11.8 Å². The number of hydrogen-bond acceptors (Lipinski definition) is 8. The second-order valence-corrected chi connectivity index (χ2v) is 12.5. The lowest BCUT2D eigenvalue weighted by molar-refractivity contribution is -0.152. The van der Waals surface area contributed by atoms with E-state index in [0.717, 1.165) is 11.1 Å². The number of rotatable bonds is 16. The van der Waals surface area contributed by atoms with Crippen LogP contribution in [0.4, 0.5) is 4.79 Å². The van der Waals surface area contributed by atoms with E-state index in [1.807, 2.05) is 60.7 Å². The topological polar surface area (TPSA) is 144 Å². The number of nitrogens with zero attached hydrogens (tertiary/aromatic N) is 1. The molecule has 0 spiro atoms. The van der Waals surface area contributed by atoms with Crippen LogP contribution in [0.3, 0.4) is 0 Å². The number of hydrogen-bond donors (Lipinski definition) is 3. The highest BCUT2D eigenvalue weighted by molar-refractivity contribution is 5.93. The smallest absolute Gasteiger partial charge is 0.408 e. The molecule has 0 radical (unpaired) electrons. The van der Waals surface area contributed by atoms with Crippen molar-refractivity contribution < 1.29 is 38.5 Å². The molecule has 0 bridgehead atoms. The molecule has 3 amide bonds. The minimum atomic E-state index is -1.09. The SMILES string of the molecule is COC(=O)[C@H](Cc1ccc(O)cc1)N(C)C(=O)[C@H](Cc1ccccc1)NC(=O)[C@H](CCCOCc1ccccc1)NC(=O)OC(C)(C)C. The van der Waals surface area contributed by atoms with Crippen LogP contribution in [0, 0.1) is 0 Å². The summed E-state index contributed by atoms with van der Waals surface area (Å²) < 4.78 is 16.2. The Bertz CT molecular complexity index is 1460. The largest absolute Gasteiger partial charge is 0.508 e. The van der Waals surface area contributed by atoms with Crippen molar-refractivity contribution in [3.63, 3.8) is 0 Å². The van der Waals surface area contributed by atoms with Crippen molar-refractivity contribution >= 4 is 23.9 Å². The minimum absolute atomic E-state index is 0.0701. The summed E-state index contributed by atoms with van der Waals surface area (Å²) >= 11 is 0. The molecule has 0 aliphatic heterocycles. The Hall–Kier alpha value is -4.90. The fourth-order valence-electron chi connectivity index (χ4n) is 4.96. The number of aromatic hydroxyl groups is 1. The molecule has 0 aliphatic rings. The number of methoxy groups -OCH3 is 1. The highest BCUT2D eigenvalue weighted by Crippen LogP contribution is 2.17. The Kier molecular flexibility index (Phi) is 14.4. The number of phenolic OH excluding ortho intramolecular Hbond substituents is 1. The number of nitrogens with one attached hydrogen (secondary N) is 2. The first-order chi connectivity index (χ1) is 22.9. The maximum atomic E-state index is 14.1. The number of carbonyl (C=O) groups excluding carboxylic acids is 4. The van der Waals surface area contributed by atoms with Crippen LogP contribution in [0.25, 0.3) is 0 Å².